The van der Waals surface area contributed by atoms with E-state index >= 15 is 4.39 Å². The molecule has 1 heterocycles. The second-order valence-corrected chi connectivity index (χ2v) is 11.0. The number of carbonyl (C=O) groups excluding carboxylic acids is 2. The average molecular weight is 708 g/mol. The van der Waals surface area contributed by atoms with Gasteiger partial charge in [0.05, 0.1) is 68.1 Å². The van der Waals surface area contributed by atoms with Crippen molar-refractivity contribution >= 4 is 17.6 Å². The highest BCUT2D eigenvalue weighted by Gasteiger charge is 2.38. The molecule has 0 saturated heterocycles. The fourth-order valence-electron chi connectivity index (χ4n) is 5.73. The number of hydrogen-bond acceptors (Lipinski definition) is 12. The number of esters is 1. The Morgan fingerprint density at radius 1 is 0.667 bits per heavy atom. The maximum Gasteiger partial charge on any atom is 0.338 e. The number of halogens is 1. The minimum atomic E-state index is -0.933. The Hall–Kier alpha value is -6.05. The first-order valence-electron chi connectivity index (χ1n) is 15.5. The third-order valence-electron chi connectivity index (χ3n) is 8.25. The van der Waals surface area contributed by atoms with Gasteiger partial charge >= 0.3 is 5.97 Å². The fourth-order valence-corrected chi connectivity index (χ4v) is 5.73. The van der Waals surface area contributed by atoms with Crippen LogP contribution in [-0.4, -0.2) is 74.9 Å². The zero-order valence-corrected chi connectivity index (χ0v) is 29.3. The zero-order chi connectivity index (χ0) is 36.8. The van der Waals surface area contributed by atoms with Crippen molar-refractivity contribution < 1.29 is 61.3 Å². The SMILES string of the molecule is COc1cc(OC)c2c(c1)O[C@@H](c1cc(OC)c(OC)c(OC)c1)[C@@H](OC(=O)c1ccc(F)c(NC(=O)c3cc(OC)c(OC)c(OC)c3)c1)C2. The van der Waals surface area contributed by atoms with Gasteiger partial charge in [-0.05, 0) is 42.5 Å². The molecule has 13 nitrogen and oxygen atoms in total. The van der Waals surface area contributed by atoms with Crippen molar-refractivity contribution in [3.8, 4) is 51.7 Å². The van der Waals surface area contributed by atoms with Crippen LogP contribution in [0.3, 0.4) is 0 Å². The molecular formula is C37H38FNO12. The van der Waals surface area contributed by atoms with E-state index in [9.17, 15) is 9.59 Å². The van der Waals surface area contributed by atoms with Crippen LogP contribution in [-0.2, 0) is 11.2 Å². The van der Waals surface area contributed by atoms with E-state index in [2.05, 4.69) is 5.32 Å². The summed E-state index contributed by atoms with van der Waals surface area (Å²) in [6.07, 6.45) is -1.65. The molecule has 270 valence electrons. The molecule has 5 rings (SSSR count). The van der Waals surface area contributed by atoms with E-state index in [-0.39, 0.29) is 40.5 Å². The maximum atomic E-state index is 15.1. The van der Waals surface area contributed by atoms with Crippen molar-refractivity contribution in [2.45, 2.75) is 18.6 Å². The summed E-state index contributed by atoms with van der Waals surface area (Å²) in [7, 11) is 11.7. The number of methoxy groups -OCH3 is 8. The molecule has 0 radical (unpaired) electrons. The predicted molar refractivity (Wildman–Crippen MR) is 182 cm³/mol. The molecule has 0 aliphatic carbocycles. The second-order valence-electron chi connectivity index (χ2n) is 11.0. The predicted octanol–water partition coefficient (Wildman–Crippen LogP) is 6.05. The second kappa shape index (κ2) is 15.7. The third-order valence-corrected chi connectivity index (χ3v) is 8.25. The first-order chi connectivity index (χ1) is 24.6. The van der Waals surface area contributed by atoms with Crippen LogP contribution in [0.2, 0.25) is 0 Å². The molecule has 0 spiro atoms. The summed E-state index contributed by atoms with van der Waals surface area (Å²) in [5.41, 5.74) is 0.981. The van der Waals surface area contributed by atoms with Crippen LogP contribution < -0.4 is 47.9 Å². The Kier molecular flexibility index (Phi) is 11.1. The van der Waals surface area contributed by atoms with Crippen molar-refractivity contribution in [2.75, 3.05) is 62.2 Å². The van der Waals surface area contributed by atoms with Crippen LogP contribution in [0.1, 0.15) is 37.9 Å². The van der Waals surface area contributed by atoms with Crippen molar-refractivity contribution in [2.24, 2.45) is 0 Å². The highest BCUT2D eigenvalue weighted by atomic mass is 19.1. The molecule has 0 fully saturated rings. The van der Waals surface area contributed by atoms with Crippen molar-refractivity contribution in [1.29, 1.82) is 0 Å². The Morgan fingerprint density at radius 3 is 1.76 bits per heavy atom. The lowest BCUT2D eigenvalue weighted by molar-refractivity contribution is -0.0188. The standard InChI is InChI=1S/C37H38FNO12/c1-42-22-16-26(43-2)23-18-32(33(50-27(23)17-22)20-12-28(44-3)34(48-7)29(13-20)45-4)51-37(41)19-9-10-24(38)25(11-19)39-36(40)21-14-30(46-5)35(49-8)31(15-21)47-6/h9-17,32-33H,18H2,1-8H3,(H,39,40)/t32-,33-/m0/s1. The van der Waals surface area contributed by atoms with Crippen molar-refractivity contribution in [3.05, 3.63) is 82.7 Å². The Labute approximate surface area is 294 Å². The number of ether oxygens (including phenoxy) is 10. The lowest BCUT2D eigenvalue weighted by atomic mass is 9.93. The summed E-state index contributed by atoms with van der Waals surface area (Å²) in [5.74, 6) is 0.965. The lowest BCUT2D eigenvalue weighted by Crippen LogP contribution is -2.35. The van der Waals surface area contributed by atoms with Crippen molar-refractivity contribution in [3.63, 3.8) is 0 Å². The number of rotatable bonds is 13. The highest BCUT2D eigenvalue weighted by molar-refractivity contribution is 6.05. The summed E-state index contributed by atoms with van der Waals surface area (Å²) in [5, 5.41) is 2.51. The maximum absolute atomic E-state index is 15.1. The van der Waals surface area contributed by atoms with E-state index in [1.165, 1.54) is 81.1 Å². The van der Waals surface area contributed by atoms with Crippen LogP contribution in [0.5, 0.6) is 51.7 Å². The van der Waals surface area contributed by atoms with Crippen molar-refractivity contribution in [1.82, 2.24) is 0 Å². The molecule has 0 bridgehead atoms. The number of anilines is 1. The summed E-state index contributed by atoms with van der Waals surface area (Å²) in [6, 6.07) is 13.1. The van der Waals surface area contributed by atoms with Crippen LogP contribution in [0, 0.1) is 5.82 Å². The summed E-state index contributed by atoms with van der Waals surface area (Å²) < 4.78 is 71.3. The van der Waals surface area contributed by atoms with Gasteiger partial charge in [0, 0.05) is 35.2 Å². The van der Waals surface area contributed by atoms with Gasteiger partial charge in [-0.25, -0.2) is 9.18 Å². The molecule has 1 aliphatic heterocycles. The molecule has 0 aromatic heterocycles. The van der Waals surface area contributed by atoms with Gasteiger partial charge in [0.25, 0.3) is 5.91 Å². The molecule has 14 heteroatoms. The average Bonchev–Trinajstić information content (AvgIpc) is 3.16. The largest absolute Gasteiger partial charge is 0.496 e. The minimum Gasteiger partial charge on any atom is -0.496 e. The Bertz CT molecular complexity index is 1880. The molecular weight excluding hydrogens is 669 g/mol. The summed E-state index contributed by atoms with van der Waals surface area (Å²) in [4.78, 5) is 27.0. The number of fused-ring (bicyclic) bond motifs is 1. The van der Waals surface area contributed by atoms with Crippen LogP contribution in [0.25, 0.3) is 0 Å². The normalized spacial score (nSPS) is 14.6. The molecule has 0 unspecified atom stereocenters. The molecule has 2 atom stereocenters. The van der Waals surface area contributed by atoms with Gasteiger partial charge in [-0.2, -0.15) is 0 Å². The van der Waals surface area contributed by atoms with E-state index in [0.29, 0.717) is 45.6 Å². The van der Waals surface area contributed by atoms with Gasteiger partial charge in [0.1, 0.15) is 29.2 Å². The van der Waals surface area contributed by atoms with Gasteiger partial charge in [0.15, 0.2) is 29.1 Å². The molecule has 0 saturated carbocycles. The number of amides is 1. The highest BCUT2D eigenvalue weighted by Crippen LogP contribution is 2.47. The lowest BCUT2D eigenvalue weighted by Gasteiger charge is -2.34. The Morgan fingerprint density at radius 2 is 1.24 bits per heavy atom. The molecule has 1 N–H and O–H groups in total. The number of hydrogen-bond donors (Lipinski definition) is 1. The quantitative estimate of drug-likeness (QED) is 0.162. The molecule has 1 aliphatic rings. The molecule has 4 aromatic carbocycles. The topological polar surface area (TPSA) is 138 Å². The number of carbonyl (C=O) groups is 2. The van der Waals surface area contributed by atoms with E-state index in [0.717, 1.165) is 6.07 Å². The molecule has 51 heavy (non-hydrogen) atoms. The van der Waals surface area contributed by atoms with Gasteiger partial charge in [0.2, 0.25) is 11.5 Å². The van der Waals surface area contributed by atoms with E-state index in [1.54, 1.807) is 24.3 Å². The van der Waals surface area contributed by atoms with E-state index in [1.807, 2.05) is 0 Å². The Balaban J connectivity index is 1.49. The van der Waals surface area contributed by atoms with Crippen LogP contribution in [0.15, 0.2) is 54.6 Å². The van der Waals surface area contributed by atoms with Gasteiger partial charge in [-0.3, -0.25) is 4.79 Å². The third kappa shape index (κ3) is 7.30. The van der Waals surface area contributed by atoms with Gasteiger partial charge < -0.3 is 52.7 Å². The molecule has 4 aromatic rings. The minimum absolute atomic E-state index is 0.0345. The van der Waals surface area contributed by atoms with Crippen LogP contribution >= 0.6 is 0 Å². The summed E-state index contributed by atoms with van der Waals surface area (Å²) in [6.45, 7) is 0. The first kappa shape index (κ1) is 36.2. The number of nitrogens with one attached hydrogen (secondary N) is 1. The smallest absolute Gasteiger partial charge is 0.338 e. The monoisotopic (exact) mass is 707 g/mol. The van der Waals surface area contributed by atoms with E-state index < -0.39 is 29.9 Å². The van der Waals surface area contributed by atoms with Gasteiger partial charge in [-0.1, -0.05) is 0 Å². The first-order valence-corrected chi connectivity index (χ1v) is 15.5. The van der Waals surface area contributed by atoms with Crippen LogP contribution in [0.4, 0.5) is 10.1 Å². The molecule has 1 amide bonds. The zero-order valence-electron chi connectivity index (χ0n) is 29.3. The summed E-state index contributed by atoms with van der Waals surface area (Å²) >= 11 is 0. The van der Waals surface area contributed by atoms with E-state index in [4.69, 9.17) is 47.4 Å². The number of benzene rings is 4. The fraction of sp³-hybridized carbons (Fsp3) is 0.297. The van der Waals surface area contributed by atoms with Gasteiger partial charge in [-0.15, -0.1) is 0 Å².